The summed E-state index contributed by atoms with van der Waals surface area (Å²) in [4.78, 5) is 0. The Morgan fingerprint density at radius 3 is 2.14 bits per heavy atom. The second-order valence-electron chi connectivity index (χ2n) is 5.08. The first-order valence-electron chi connectivity index (χ1n) is 7.51. The molecule has 1 N–H and O–H groups in total. The zero-order valence-electron chi connectivity index (χ0n) is 12.4. The summed E-state index contributed by atoms with van der Waals surface area (Å²) >= 11 is 0. The molecule has 0 unspecified atom stereocenters. The number of hydrogen-bond acceptors (Lipinski definition) is 2. The average Bonchev–Trinajstić information content (AvgIpc) is 2.51. The molecule has 2 rings (SSSR count). The van der Waals surface area contributed by atoms with Crippen LogP contribution in [0.15, 0.2) is 48.5 Å². The maximum atomic E-state index is 12.8. The van der Waals surface area contributed by atoms with Crippen LogP contribution in [0, 0.1) is 5.82 Å². The van der Waals surface area contributed by atoms with E-state index < -0.39 is 0 Å². The van der Waals surface area contributed by atoms with E-state index in [0.29, 0.717) is 5.75 Å². The molecule has 0 fully saturated rings. The van der Waals surface area contributed by atoms with Crippen molar-refractivity contribution >= 4 is 0 Å². The summed E-state index contributed by atoms with van der Waals surface area (Å²) in [6, 6.07) is 14.0. The topological polar surface area (TPSA) is 21.3 Å². The first kappa shape index (κ1) is 15.5. The Hall–Kier alpha value is -1.87. The number of unbranched alkanes of at least 4 members (excludes halogenated alkanes) is 2. The van der Waals surface area contributed by atoms with E-state index in [2.05, 4.69) is 12.2 Å². The van der Waals surface area contributed by atoms with E-state index in [-0.39, 0.29) is 5.82 Å². The lowest BCUT2D eigenvalue weighted by Gasteiger charge is -2.08. The minimum absolute atomic E-state index is 0.258. The normalized spacial score (nSPS) is 10.6. The zero-order chi connectivity index (χ0) is 14.9. The minimum atomic E-state index is -0.258. The van der Waals surface area contributed by atoms with Gasteiger partial charge >= 0.3 is 0 Å². The third-order valence-corrected chi connectivity index (χ3v) is 3.26. The smallest absolute Gasteiger partial charge is 0.127 e. The summed E-state index contributed by atoms with van der Waals surface area (Å²) in [6.07, 6.45) is 3.75. The van der Waals surface area contributed by atoms with Crippen molar-refractivity contribution in [2.75, 3.05) is 6.54 Å². The van der Waals surface area contributed by atoms with Gasteiger partial charge in [0.05, 0.1) is 0 Å². The van der Waals surface area contributed by atoms with E-state index in [4.69, 9.17) is 4.74 Å². The van der Waals surface area contributed by atoms with Crippen LogP contribution in [0.5, 0.6) is 11.5 Å². The first-order chi connectivity index (χ1) is 10.3. The van der Waals surface area contributed by atoms with E-state index in [1.807, 2.05) is 24.3 Å². The van der Waals surface area contributed by atoms with Gasteiger partial charge in [0.2, 0.25) is 0 Å². The number of nitrogens with one attached hydrogen (secondary N) is 1. The lowest BCUT2D eigenvalue weighted by atomic mass is 10.2. The molecule has 21 heavy (non-hydrogen) atoms. The fourth-order valence-corrected chi connectivity index (χ4v) is 2.05. The number of rotatable bonds is 8. The van der Waals surface area contributed by atoms with Crippen molar-refractivity contribution in [3.63, 3.8) is 0 Å². The molecule has 0 aliphatic heterocycles. The van der Waals surface area contributed by atoms with Crippen molar-refractivity contribution < 1.29 is 9.13 Å². The molecule has 0 aromatic heterocycles. The van der Waals surface area contributed by atoms with E-state index in [1.54, 1.807) is 12.1 Å². The van der Waals surface area contributed by atoms with Crippen LogP contribution in [0.3, 0.4) is 0 Å². The Morgan fingerprint density at radius 2 is 1.52 bits per heavy atom. The third kappa shape index (κ3) is 5.56. The van der Waals surface area contributed by atoms with E-state index in [1.165, 1.54) is 37.0 Å². The van der Waals surface area contributed by atoms with Gasteiger partial charge in [-0.3, -0.25) is 0 Å². The second-order valence-corrected chi connectivity index (χ2v) is 5.08. The summed E-state index contributed by atoms with van der Waals surface area (Å²) in [5.74, 6) is 1.14. The largest absolute Gasteiger partial charge is 0.457 e. The Bertz CT molecular complexity index is 522. The summed E-state index contributed by atoms with van der Waals surface area (Å²) in [5, 5.41) is 3.43. The maximum Gasteiger partial charge on any atom is 0.127 e. The molecule has 112 valence electrons. The highest BCUT2D eigenvalue weighted by Crippen LogP contribution is 2.21. The highest BCUT2D eigenvalue weighted by atomic mass is 19.1. The number of benzene rings is 2. The van der Waals surface area contributed by atoms with Crippen LogP contribution >= 0.6 is 0 Å². The summed E-state index contributed by atoms with van der Waals surface area (Å²) in [6.45, 7) is 4.14. The monoisotopic (exact) mass is 287 g/mol. The summed E-state index contributed by atoms with van der Waals surface area (Å²) in [5.41, 5.74) is 1.23. The lowest BCUT2D eigenvalue weighted by Crippen LogP contribution is -2.14. The molecule has 0 saturated heterocycles. The van der Waals surface area contributed by atoms with Gasteiger partial charge < -0.3 is 10.1 Å². The predicted octanol–water partition coefficient (Wildman–Crippen LogP) is 4.90. The van der Waals surface area contributed by atoms with Crippen molar-refractivity contribution in [3.8, 4) is 11.5 Å². The average molecular weight is 287 g/mol. The standard InChI is InChI=1S/C18H22FNO/c1-2-3-4-13-20-14-15-5-9-17(10-6-15)21-18-11-7-16(19)8-12-18/h5-12,20H,2-4,13-14H2,1H3. The van der Waals surface area contributed by atoms with Gasteiger partial charge in [-0.25, -0.2) is 4.39 Å². The third-order valence-electron chi connectivity index (χ3n) is 3.26. The van der Waals surface area contributed by atoms with Gasteiger partial charge in [0.15, 0.2) is 0 Å². The molecule has 0 aliphatic rings. The van der Waals surface area contributed by atoms with Crippen LogP contribution < -0.4 is 10.1 Å². The van der Waals surface area contributed by atoms with Crippen molar-refractivity contribution in [2.24, 2.45) is 0 Å². The van der Waals surface area contributed by atoms with Gasteiger partial charge in [0.25, 0.3) is 0 Å². The molecule has 0 radical (unpaired) electrons. The summed E-state index contributed by atoms with van der Waals surface area (Å²) < 4.78 is 18.5. The Kier molecular flexibility index (Phi) is 6.22. The molecule has 0 saturated carbocycles. The molecular weight excluding hydrogens is 265 g/mol. The van der Waals surface area contributed by atoms with Crippen LogP contribution in [-0.4, -0.2) is 6.54 Å². The van der Waals surface area contributed by atoms with Crippen molar-refractivity contribution in [1.82, 2.24) is 5.32 Å². The van der Waals surface area contributed by atoms with E-state index in [0.717, 1.165) is 18.8 Å². The Balaban J connectivity index is 1.80. The van der Waals surface area contributed by atoms with Gasteiger partial charge in [-0.1, -0.05) is 31.9 Å². The first-order valence-corrected chi connectivity index (χ1v) is 7.51. The molecule has 3 heteroatoms. The molecule has 2 aromatic rings. The van der Waals surface area contributed by atoms with Gasteiger partial charge in [0.1, 0.15) is 17.3 Å². The van der Waals surface area contributed by atoms with Gasteiger partial charge in [-0.05, 0) is 54.9 Å². The second kappa shape index (κ2) is 8.42. The minimum Gasteiger partial charge on any atom is -0.457 e. The van der Waals surface area contributed by atoms with Crippen molar-refractivity contribution in [3.05, 3.63) is 59.9 Å². The number of hydrogen-bond donors (Lipinski definition) is 1. The van der Waals surface area contributed by atoms with Crippen molar-refractivity contribution in [2.45, 2.75) is 32.7 Å². The molecule has 2 nitrogen and oxygen atoms in total. The fourth-order valence-electron chi connectivity index (χ4n) is 2.05. The quantitative estimate of drug-likeness (QED) is 0.697. The molecule has 0 spiro atoms. The van der Waals surface area contributed by atoms with Gasteiger partial charge in [-0.2, -0.15) is 0 Å². The van der Waals surface area contributed by atoms with Crippen molar-refractivity contribution in [1.29, 1.82) is 0 Å². The molecule has 0 amide bonds. The van der Waals surface area contributed by atoms with Crippen LogP contribution in [0.1, 0.15) is 31.7 Å². The Morgan fingerprint density at radius 1 is 0.905 bits per heavy atom. The number of halogens is 1. The predicted molar refractivity (Wildman–Crippen MR) is 84.1 cm³/mol. The zero-order valence-corrected chi connectivity index (χ0v) is 12.4. The lowest BCUT2D eigenvalue weighted by molar-refractivity contribution is 0.480. The number of ether oxygens (including phenoxy) is 1. The molecule has 0 atom stereocenters. The SMILES string of the molecule is CCCCCNCc1ccc(Oc2ccc(F)cc2)cc1. The summed E-state index contributed by atoms with van der Waals surface area (Å²) in [7, 11) is 0. The van der Waals surface area contributed by atoms with Crippen LogP contribution in [-0.2, 0) is 6.54 Å². The maximum absolute atomic E-state index is 12.8. The molecule has 0 aliphatic carbocycles. The van der Waals surface area contributed by atoms with E-state index >= 15 is 0 Å². The fraction of sp³-hybridized carbons (Fsp3) is 0.333. The van der Waals surface area contributed by atoms with Gasteiger partial charge in [-0.15, -0.1) is 0 Å². The highest BCUT2D eigenvalue weighted by Gasteiger charge is 1.99. The molecule has 0 heterocycles. The highest BCUT2D eigenvalue weighted by molar-refractivity contribution is 5.33. The molecule has 0 bridgehead atoms. The van der Waals surface area contributed by atoms with Crippen LogP contribution in [0.2, 0.25) is 0 Å². The van der Waals surface area contributed by atoms with E-state index in [9.17, 15) is 4.39 Å². The Labute approximate surface area is 126 Å². The molecule has 2 aromatic carbocycles. The van der Waals surface area contributed by atoms with Crippen LogP contribution in [0.4, 0.5) is 4.39 Å². The molecular formula is C18H22FNO. The van der Waals surface area contributed by atoms with Crippen LogP contribution in [0.25, 0.3) is 0 Å². The van der Waals surface area contributed by atoms with Gasteiger partial charge in [0, 0.05) is 6.54 Å².